The SMILES string of the molecule is CN(C)C(=O)N1C[C@@H]2CC[C@H](C1)N(Cc1nnc(-c3ccccc3)o1)C2. The number of carbonyl (C=O) groups is 1. The Morgan fingerprint density at radius 2 is 1.96 bits per heavy atom. The first-order valence-electron chi connectivity index (χ1n) is 9.18. The molecule has 1 aromatic heterocycles. The Morgan fingerprint density at radius 1 is 1.15 bits per heavy atom. The van der Waals surface area contributed by atoms with Gasteiger partial charge in [0, 0.05) is 45.3 Å². The lowest BCUT2D eigenvalue weighted by Crippen LogP contribution is -2.45. The van der Waals surface area contributed by atoms with Crippen molar-refractivity contribution in [2.75, 3.05) is 33.7 Å². The van der Waals surface area contributed by atoms with E-state index in [9.17, 15) is 4.79 Å². The minimum atomic E-state index is 0.105. The quantitative estimate of drug-likeness (QED) is 0.845. The number of urea groups is 1. The normalized spacial score (nSPS) is 23.1. The Morgan fingerprint density at radius 3 is 2.73 bits per heavy atom. The number of hydrogen-bond donors (Lipinski definition) is 0. The van der Waals surface area contributed by atoms with E-state index in [1.807, 2.05) is 49.3 Å². The van der Waals surface area contributed by atoms with Crippen LogP contribution in [0.25, 0.3) is 11.5 Å². The molecule has 0 aliphatic carbocycles. The van der Waals surface area contributed by atoms with Gasteiger partial charge in [0.2, 0.25) is 11.8 Å². The summed E-state index contributed by atoms with van der Waals surface area (Å²) >= 11 is 0. The molecule has 2 aromatic rings. The van der Waals surface area contributed by atoms with Crippen molar-refractivity contribution in [2.45, 2.75) is 25.4 Å². The van der Waals surface area contributed by atoms with Crippen molar-refractivity contribution in [3.63, 3.8) is 0 Å². The van der Waals surface area contributed by atoms with E-state index < -0.39 is 0 Å². The topological polar surface area (TPSA) is 65.7 Å². The van der Waals surface area contributed by atoms with Gasteiger partial charge in [-0.05, 0) is 30.9 Å². The van der Waals surface area contributed by atoms with Gasteiger partial charge in [-0.15, -0.1) is 10.2 Å². The van der Waals surface area contributed by atoms with Gasteiger partial charge in [-0.1, -0.05) is 18.2 Å². The lowest BCUT2D eigenvalue weighted by Gasteiger charge is -2.34. The average Bonchev–Trinajstić information content (AvgIpc) is 2.92. The first kappa shape index (κ1) is 17.0. The fraction of sp³-hybridized carbons (Fsp3) is 0.526. The van der Waals surface area contributed by atoms with Crippen LogP contribution in [0, 0.1) is 5.92 Å². The second-order valence-electron chi connectivity index (χ2n) is 7.48. The Bertz CT molecular complexity index is 760. The number of carbonyl (C=O) groups excluding carboxylic acids is 1. The summed E-state index contributed by atoms with van der Waals surface area (Å²) in [6.45, 7) is 3.23. The van der Waals surface area contributed by atoms with Crippen molar-refractivity contribution in [1.29, 1.82) is 0 Å². The molecule has 0 spiro atoms. The molecule has 2 bridgehead atoms. The molecule has 7 nitrogen and oxygen atoms in total. The maximum Gasteiger partial charge on any atom is 0.319 e. The van der Waals surface area contributed by atoms with Crippen LogP contribution in [0.5, 0.6) is 0 Å². The molecule has 3 aliphatic rings. The summed E-state index contributed by atoms with van der Waals surface area (Å²) in [5.41, 5.74) is 0.936. The summed E-state index contributed by atoms with van der Waals surface area (Å²) in [6.07, 6.45) is 2.29. The molecule has 4 heterocycles. The van der Waals surface area contributed by atoms with E-state index in [0.717, 1.165) is 31.6 Å². The molecule has 3 saturated heterocycles. The van der Waals surface area contributed by atoms with E-state index in [2.05, 4.69) is 15.1 Å². The van der Waals surface area contributed by atoms with Gasteiger partial charge in [0.1, 0.15) is 0 Å². The van der Waals surface area contributed by atoms with E-state index in [1.54, 1.807) is 4.90 Å². The highest BCUT2D eigenvalue weighted by atomic mass is 16.4. The van der Waals surface area contributed by atoms with Crippen LogP contribution in [0.3, 0.4) is 0 Å². The molecule has 1 aromatic carbocycles. The van der Waals surface area contributed by atoms with Gasteiger partial charge in [-0.2, -0.15) is 0 Å². The Labute approximate surface area is 153 Å². The van der Waals surface area contributed by atoms with Crippen molar-refractivity contribution in [2.24, 2.45) is 5.92 Å². The predicted octanol–water partition coefficient (Wildman–Crippen LogP) is 2.31. The van der Waals surface area contributed by atoms with E-state index >= 15 is 0 Å². The fourth-order valence-corrected chi connectivity index (χ4v) is 4.00. The molecule has 0 N–H and O–H groups in total. The number of amides is 2. The number of hydrogen-bond acceptors (Lipinski definition) is 5. The van der Waals surface area contributed by atoms with Gasteiger partial charge >= 0.3 is 6.03 Å². The van der Waals surface area contributed by atoms with Crippen LogP contribution in [0.1, 0.15) is 18.7 Å². The minimum Gasteiger partial charge on any atom is -0.419 e. The monoisotopic (exact) mass is 355 g/mol. The summed E-state index contributed by atoms with van der Waals surface area (Å²) in [5, 5.41) is 8.43. The molecule has 5 rings (SSSR count). The molecule has 7 heteroatoms. The zero-order valence-corrected chi connectivity index (χ0v) is 15.3. The van der Waals surface area contributed by atoms with Crippen LogP contribution in [0.4, 0.5) is 4.79 Å². The number of rotatable bonds is 3. The van der Waals surface area contributed by atoms with Gasteiger partial charge in [0.25, 0.3) is 0 Å². The lowest BCUT2D eigenvalue weighted by atomic mass is 9.95. The zero-order valence-electron chi connectivity index (χ0n) is 15.3. The molecule has 26 heavy (non-hydrogen) atoms. The lowest BCUT2D eigenvalue weighted by molar-refractivity contribution is 0.112. The summed E-state index contributed by atoms with van der Waals surface area (Å²) in [6, 6.07) is 10.3. The second kappa shape index (κ2) is 7.07. The zero-order chi connectivity index (χ0) is 18.1. The third kappa shape index (κ3) is 3.44. The molecule has 3 fully saturated rings. The molecule has 3 aliphatic heterocycles. The highest BCUT2D eigenvalue weighted by Gasteiger charge is 2.37. The molecule has 0 unspecified atom stereocenters. The highest BCUT2D eigenvalue weighted by molar-refractivity contribution is 5.74. The second-order valence-corrected chi connectivity index (χ2v) is 7.48. The van der Waals surface area contributed by atoms with Crippen LogP contribution in [0.15, 0.2) is 34.7 Å². The maximum absolute atomic E-state index is 12.4. The van der Waals surface area contributed by atoms with Crippen LogP contribution >= 0.6 is 0 Å². The standard InChI is InChI=1S/C19H25N5O2/c1-22(2)19(25)24-11-14-8-9-16(12-24)23(10-14)13-17-20-21-18(26-17)15-6-4-3-5-7-15/h3-7,14,16H,8-13H2,1-2H3/t14-,16-/m1/s1. The number of nitrogens with zero attached hydrogens (tertiary/aromatic N) is 5. The summed E-state index contributed by atoms with van der Waals surface area (Å²) < 4.78 is 5.88. The van der Waals surface area contributed by atoms with Gasteiger partial charge in [-0.25, -0.2) is 4.79 Å². The number of benzene rings is 1. The first-order chi connectivity index (χ1) is 12.6. The van der Waals surface area contributed by atoms with Gasteiger partial charge in [0.05, 0.1) is 6.54 Å². The first-order valence-corrected chi connectivity index (χ1v) is 9.18. The van der Waals surface area contributed by atoms with E-state index in [1.165, 1.54) is 6.42 Å². The van der Waals surface area contributed by atoms with Crippen LogP contribution in [-0.2, 0) is 6.54 Å². The van der Waals surface area contributed by atoms with Crippen molar-refractivity contribution < 1.29 is 9.21 Å². The van der Waals surface area contributed by atoms with E-state index in [-0.39, 0.29) is 6.03 Å². The highest BCUT2D eigenvalue weighted by Crippen LogP contribution is 2.30. The van der Waals surface area contributed by atoms with Crippen molar-refractivity contribution >= 4 is 6.03 Å². The Balaban J connectivity index is 1.46. The molecular weight excluding hydrogens is 330 g/mol. The molecule has 138 valence electrons. The Hall–Kier alpha value is -2.41. The summed E-state index contributed by atoms with van der Waals surface area (Å²) in [5.74, 6) is 1.71. The van der Waals surface area contributed by atoms with Crippen LogP contribution in [0.2, 0.25) is 0 Å². The number of aromatic nitrogens is 2. The third-order valence-electron chi connectivity index (χ3n) is 5.31. The molecule has 2 amide bonds. The average molecular weight is 355 g/mol. The van der Waals surface area contributed by atoms with Crippen molar-refractivity contribution in [3.8, 4) is 11.5 Å². The fourth-order valence-electron chi connectivity index (χ4n) is 4.00. The summed E-state index contributed by atoms with van der Waals surface area (Å²) in [7, 11) is 3.63. The minimum absolute atomic E-state index is 0.105. The molecule has 0 saturated carbocycles. The molecular formula is C19H25N5O2. The predicted molar refractivity (Wildman–Crippen MR) is 97.3 cm³/mol. The van der Waals surface area contributed by atoms with Gasteiger partial charge in [0.15, 0.2) is 0 Å². The van der Waals surface area contributed by atoms with Crippen LogP contribution in [-0.4, -0.2) is 70.7 Å². The van der Waals surface area contributed by atoms with Gasteiger partial charge < -0.3 is 14.2 Å². The van der Waals surface area contributed by atoms with Crippen LogP contribution < -0.4 is 0 Å². The van der Waals surface area contributed by atoms with Crippen molar-refractivity contribution in [1.82, 2.24) is 24.9 Å². The van der Waals surface area contributed by atoms with E-state index in [0.29, 0.717) is 30.3 Å². The van der Waals surface area contributed by atoms with Crippen molar-refractivity contribution in [3.05, 3.63) is 36.2 Å². The Kier molecular flexibility index (Phi) is 4.63. The third-order valence-corrected chi connectivity index (χ3v) is 5.31. The number of piperidine rings is 1. The summed E-state index contributed by atoms with van der Waals surface area (Å²) in [4.78, 5) is 18.4. The van der Waals surface area contributed by atoms with Gasteiger partial charge in [-0.3, -0.25) is 4.90 Å². The largest absolute Gasteiger partial charge is 0.419 e. The molecule has 0 radical (unpaired) electrons. The number of fused-ring (bicyclic) bond motifs is 4. The smallest absolute Gasteiger partial charge is 0.319 e. The maximum atomic E-state index is 12.4. The van der Waals surface area contributed by atoms with E-state index in [4.69, 9.17) is 4.42 Å². The molecule has 2 atom stereocenters.